The average Bonchev–Trinajstić information content (AvgIpc) is 3.43. The molecule has 2 N–H and O–H groups in total. The first-order chi connectivity index (χ1) is 23.1. The minimum absolute atomic E-state index is 0.0255. The highest BCUT2D eigenvalue weighted by Crippen LogP contribution is 2.43. The van der Waals surface area contributed by atoms with Gasteiger partial charge in [0.05, 0.1) is 30.4 Å². The van der Waals surface area contributed by atoms with Gasteiger partial charge in [-0.05, 0) is 92.7 Å². The summed E-state index contributed by atoms with van der Waals surface area (Å²) in [6.07, 6.45) is 1.71. The number of hydrogen-bond acceptors (Lipinski definition) is 8. The number of rotatable bonds is 7. The van der Waals surface area contributed by atoms with E-state index in [1.807, 2.05) is 26.8 Å². The molecular weight excluding hydrogens is 652 g/mol. The van der Waals surface area contributed by atoms with E-state index in [2.05, 4.69) is 103 Å². The van der Waals surface area contributed by atoms with Crippen molar-refractivity contribution in [1.82, 2.24) is 14.9 Å². The second kappa shape index (κ2) is 13.4. The normalized spacial score (nSPS) is 21.3. The van der Waals surface area contributed by atoms with Crippen LogP contribution >= 0.6 is 11.6 Å². The Morgan fingerprint density at radius 3 is 2.10 bits per heavy atom. The number of hydrogen-bond donors (Lipinski definition) is 1. The zero-order valence-electron chi connectivity index (χ0n) is 29.8. The average molecular weight is 701 g/mol. The highest BCUT2D eigenvalue weighted by molar-refractivity contribution is 6.99. The second-order valence-corrected chi connectivity index (χ2v) is 20.4. The molecule has 49 heavy (non-hydrogen) atoms. The van der Waals surface area contributed by atoms with Gasteiger partial charge in [0, 0.05) is 10.4 Å². The van der Waals surface area contributed by atoms with E-state index in [4.69, 9.17) is 31.2 Å². The molecule has 3 aromatic carbocycles. The number of piperidine rings is 1. The van der Waals surface area contributed by atoms with Crippen molar-refractivity contribution < 1.29 is 18.7 Å². The molecule has 2 atom stereocenters. The number of fused-ring (bicyclic) bond motifs is 1. The zero-order valence-corrected chi connectivity index (χ0v) is 31.5. The Hall–Kier alpha value is -3.34. The number of ether oxygens (including phenoxy) is 2. The van der Waals surface area contributed by atoms with Crippen molar-refractivity contribution in [3.8, 4) is 0 Å². The number of likely N-dealkylation sites (tertiary alicyclic amines) is 1. The van der Waals surface area contributed by atoms with E-state index in [0.29, 0.717) is 29.1 Å². The first-order valence-corrected chi connectivity index (χ1v) is 19.5. The second-order valence-electron chi connectivity index (χ2n) is 15.7. The Labute approximate surface area is 296 Å². The van der Waals surface area contributed by atoms with Crippen LogP contribution in [0.25, 0.3) is 10.9 Å². The molecule has 10 heteroatoms. The van der Waals surface area contributed by atoms with Crippen LogP contribution in [0.3, 0.4) is 0 Å². The molecule has 2 aliphatic heterocycles. The van der Waals surface area contributed by atoms with Crippen LogP contribution < -0.4 is 16.1 Å². The molecule has 1 aromatic heterocycles. The van der Waals surface area contributed by atoms with Gasteiger partial charge in [-0.1, -0.05) is 93.0 Å². The highest BCUT2D eigenvalue weighted by atomic mass is 35.5. The van der Waals surface area contributed by atoms with Crippen LogP contribution in [0.15, 0.2) is 72.8 Å². The van der Waals surface area contributed by atoms with Gasteiger partial charge in [0.1, 0.15) is 5.60 Å². The summed E-state index contributed by atoms with van der Waals surface area (Å²) >= 11 is 6.94. The number of aromatic nitrogens is 2. The Bertz CT molecular complexity index is 1760. The van der Waals surface area contributed by atoms with Crippen molar-refractivity contribution in [2.24, 2.45) is 0 Å². The molecule has 3 heterocycles. The molecule has 8 nitrogen and oxygen atoms in total. The van der Waals surface area contributed by atoms with Gasteiger partial charge in [0.25, 0.3) is 8.32 Å². The Kier molecular flexibility index (Phi) is 9.71. The number of anilines is 1. The quantitative estimate of drug-likeness (QED) is 0.167. The molecule has 0 amide bonds. The molecule has 4 aromatic rings. The van der Waals surface area contributed by atoms with Crippen LogP contribution in [-0.2, 0) is 13.9 Å². The lowest BCUT2D eigenvalue weighted by Gasteiger charge is -2.50. The number of nitrogen functional groups attached to an aromatic ring is 1. The summed E-state index contributed by atoms with van der Waals surface area (Å²) in [6, 6.07) is 25.4. The fraction of sp³-hybridized carbons (Fsp3) is 0.462. The first-order valence-electron chi connectivity index (χ1n) is 17.2. The summed E-state index contributed by atoms with van der Waals surface area (Å²) in [6.45, 7) is 17.6. The van der Waals surface area contributed by atoms with E-state index in [1.165, 1.54) is 10.4 Å². The number of esters is 1. The van der Waals surface area contributed by atoms with Crippen molar-refractivity contribution in [1.29, 1.82) is 0 Å². The molecule has 0 spiro atoms. The number of nitrogens with zero attached hydrogens (tertiary/aromatic N) is 3. The van der Waals surface area contributed by atoms with E-state index in [1.54, 1.807) is 6.07 Å². The zero-order chi connectivity index (χ0) is 35.2. The molecule has 0 radical (unpaired) electrons. The van der Waals surface area contributed by atoms with Gasteiger partial charge in [-0.3, -0.25) is 4.90 Å². The van der Waals surface area contributed by atoms with Gasteiger partial charge in [-0.2, -0.15) is 0 Å². The van der Waals surface area contributed by atoms with E-state index in [9.17, 15) is 4.79 Å². The summed E-state index contributed by atoms with van der Waals surface area (Å²) in [7, 11) is -2.78. The summed E-state index contributed by atoms with van der Waals surface area (Å²) < 4.78 is 19.5. The lowest BCUT2D eigenvalue weighted by Crippen LogP contribution is -2.70. The molecule has 260 valence electrons. The molecular formula is C39H49ClN4O4Si. The van der Waals surface area contributed by atoms with E-state index in [0.717, 1.165) is 31.5 Å². The monoisotopic (exact) mass is 700 g/mol. The van der Waals surface area contributed by atoms with Gasteiger partial charge >= 0.3 is 5.97 Å². The van der Waals surface area contributed by atoms with Gasteiger partial charge in [0.2, 0.25) is 5.95 Å². The highest BCUT2D eigenvalue weighted by Gasteiger charge is 2.56. The maximum absolute atomic E-state index is 13.0. The minimum atomic E-state index is -2.78. The Morgan fingerprint density at radius 1 is 0.959 bits per heavy atom. The van der Waals surface area contributed by atoms with Crippen molar-refractivity contribution >= 4 is 53.1 Å². The molecule has 2 aliphatic rings. The maximum Gasteiger partial charge on any atom is 0.358 e. The van der Waals surface area contributed by atoms with Crippen LogP contribution in [-0.4, -0.2) is 72.7 Å². The van der Waals surface area contributed by atoms with Crippen LogP contribution in [0.4, 0.5) is 5.95 Å². The van der Waals surface area contributed by atoms with Gasteiger partial charge in [-0.15, -0.1) is 0 Å². The predicted octanol–water partition coefficient (Wildman–Crippen LogP) is 6.73. The summed E-state index contributed by atoms with van der Waals surface area (Å²) in [5, 5.41) is 3.54. The number of halogens is 1. The lowest BCUT2D eigenvalue weighted by atomic mass is 9.85. The van der Waals surface area contributed by atoms with Crippen LogP contribution in [0.2, 0.25) is 10.1 Å². The summed E-state index contributed by atoms with van der Waals surface area (Å²) in [4.78, 5) is 24.3. The van der Waals surface area contributed by atoms with Crippen molar-refractivity contribution in [3.05, 3.63) is 89.1 Å². The topological polar surface area (TPSA) is 99.8 Å². The molecule has 2 saturated heterocycles. The van der Waals surface area contributed by atoms with E-state index >= 15 is 0 Å². The number of carbonyl (C=O) groups is 1. The standard InChI is InChI=1S/C39H49ClN4O4Si/c1-37(2,3)47-35(45)34-30-22-31(40)29(23-32(30)42-36(41)43-34)26-18-20-44(21-19-26)39(7)25-46-24-33(39)48-49(38(4,5)6,27-14-10-8-11-15-27)28-16-12-9-13-17-28/h8-17,22-23,26,33H,18-21,24-25H2,1-7H3,(H2,41,42,43). The van der Waals surface area contributed by atoms with E-state index in [-0.39, 0.29) is 34.2 Å². The van der Waals surface area contributed by atoms with Crippen LogP contribution in [0.5, 0.6) is 0 Å². The lowest BCUT2D eigenvalue weighted by molar-refractivity contribution is 0.00483. The predicted molar refractivity (Wildman–Crippen MR) is 199 cm³/mol. The van der Waals surface area contributed by atoms with Crippen molar-refractivity contribution in [3.63, 3.8) is 0 Å². The number of benzene rings is 3. The maximum atomic E-state index is 13.0. The van der Waals surface area contributed by atoms with E-state index < -0.39 is 19.9 Å². The molecule has 0 aliphatic carbocycles. The molecule has 2 fully saturated rings. The molecule has 0 bridgehead atoms. The molecule has 0 saturated carbocycles. The summed E-state index contributed by atoms with van der Waals surface area (Å²) in [5.74, 6) is -0.306. The van der Waals surface area contributed by atoms with Crippen molar-refractivity contribution in [2.45, 2.75) is 89.5 Å². The largest absolute Gasteiger partial charge is 0.455 e. The van der Waals surface area contributed by atoms with Gasteiger partial charge in [0.15, 0.2) is 5.69 Å². The minimum Gasteiger partial charge on any atom is -0.455 e. The number of carbonyl (C=O) groups excluding carboxylic acids is 1. The fourth-order valence-electron chi connectivity index (χ4n) is 7.69. The van der Waals surface area contributed by atoms with Crippen LogP contribution in [0.1, 0.15) is 83.3 Å². The molecule has 6 rings (SSSR count). The van der Waals surface area contributed by atoms with Gasteiger partial charge < -0.3 is 19.6 Å². The SMILES string of the molecule is CC(C)(C)OC(=O)c1nc(N)nc2cc(C3CCN(C4(C)COCC4O[Si](c4ccccc4)(c4ccccc4)C(C)(C)C)CC3)c(Cl)cc12. The number of nitrogens with two attached hydrogens (primary N) is 1. The Morgan fingerprint density at radius 2 is 1.55 bits per heavy atom. The summed E-state index contributed by atoms with van der Waals surface area (Å²) in [5.41, 5.74) is 6.81. The molecule has 2 unspecified atom stereocenters. The first kappa shape index (κ1) is 35.5. The smallest absolute Gasteiger partial charge is 0.358 e. The van der Waals surface area contributed by atoms with Crippen molar-refractivity contribution in [2.75, 3.05) is 32.0 Å². The Balaban J connectivity index is 1.26. The van der Waals surface area contributed by atoms with Crippen LogP contribution in [0, 0.1) is 0 Å². The third kappa shape index (κ3) is 6.88. The third-order valence-electron chi connectivity index (χ3n) is 10.2. The fourth-order valence-corrected chi connectivity index (χ4v) is 12.8. The third-order valence-corrected chi connectivity index (χ3v) is 15.5. The van der Waals surface area contributed by atoms with Gasteiger partial charge in [-0.25, -0.2) is 14.8 Å².